The van der Waals surface area contributed by atoms with Gasteiger partial charge < -0.3 is 15.8 Å². The third-order valence-electron chi connectivity index (χ3n) is 2.08. The van der Waals surface area contributed by atoms with Crippen molar-refractivity contribution in [3.8, 4) is 5.75 Å². The highest BCUT2D eigenvalue weighted by atomic mass is 35.5. The zero-order valence-electron chi connectivity index (χ0n) is 10.4. The molecule has 0 aliphatic carbocycles. The number of nitrogens with two attached hydrogens (primary N) is 1. The minimum Gasteiger partial charge on any atom is -0.491 e. The van der Waals surface area contributed by atoms with E-state index in [1.807, 2.05) is 6.92 Å². The van der Waals surface area contributed by atoms with Crippen molar-refractivity contribution in [3.63, 3.8) is 0 Å². The normalized spacial score (nSPS) is 11.3. The summed E-state index contributed by atoms with van der Waals surface area (Å²) in [5, 5.41) is 2.59. The Morgan fingerprint density at radius 1 is 1.56 bits per heavy atom. The molecule has 0 fully saturated rings. The number of carbonyl (C=O) groups is 1. The van der Waals surface area contributed by atoms with Crippen LogP contribution < -0.4 is 15.8 Å². The summed E-state index contributed by atoms with van der Waals surface area (Å²) in [4.78, 5) is 11.4. The molecule has 0 aliphatic heterocycles. The number of carbonyl (C=O) groups excluding carboxylic acids is 1. The number of hydrogen-bond donors (Lipinski definition) is 2. The van der Waals surface area contributed by atoms with Gasteiger partial charge in [-0.25, -0.2) is 4.39 Å². The number of hydrogen-bond acceptors (Lipinski definition) is 3. The molecule has 102 valence electrons. The van der Waals surface area contributed by atoms with E-state index in [-0.39, 0.29) is 18.3 Å². The molecule has 0 aromatic heterocycles. The van der Waals surface area contributed by atoms with Gasteiger partial charge in [-0.05, 0) is 25.5 Å². The van der Waals surface area contributed by atoms with Crippen LogP contribution in [0.3, 0.4) is 0 Å². The van der Waals surface area contributed by atoms with Gasteiger partial charge in [-0.15, -0.1) is 12.4 Å². The second-order valence-corrected chi connectivity index (χ2v) is 3.77. The molecule has 1 aromatic carbocycles. The van der Waals surface area contributed by atoms with Crippen LogP contribution in [0.4, 0.5) is 10.1 Å². The van der Waals surface area contributed by atoms with Crippen molar-refractivity contribution in [1.29, 1.82) is 0 Å². The molecule has 18 heavy (non-hydrogen) atoms. The highest BCUT2D eigenvalue weighted by Crippen LogP contribution is 2.25. The van der Waals surface area contributed by atoms with Gasteiger partial charge in [0.2, 0.25) is 5.91 Å². The third-order valence-corrected chi connectivity index (χ3v) is 2.08. The molecular weight excluding hydrogens is 259 g/mol. The lowest BCUT2D eigenvalue weighted by Crippen LogP contribution is -2.32. The summed E-state index contributed by atoms with van der Waals surface area (Å²) in [6, 6.07) is 3.34. The molecule has 6 heteroatoms. The average molecular weight is 277 g/mol. The van der Waals surface area contributed by atoms with Crippen molar-refractivity contribution >= 4 is 24.0 Å². The molecule has 1 rings (SSSR count). The number of anilines is 1. The first-order valence-corrected chi connectivity index (χ1v) is 5.53. The van der Waals surface area contributed by atoms with E-state index >= 15 is 0 Å². The first-order chi connectivity index (χ1) is 8.04. The topological polar surface area (TPSA) is 64.3 Å². The molecular formula is C12H18ClFN2O2. The summed E-state index contributed by atoms with van der Waals surface area (Å²) in [6.45, 7) is 3.98. The fourth-order valence-corrected chi connectivity index (χ4v) is 1.18. The first kappa shape index (κ1) is 16.7. The number of amides is 1. The van der Waals surface area contributed by atoms with E-state index in [1.54, 1.807) is 6.92 Å². The van der Waals surface area contributed by atoms with Crippen molar-refractivity contribution < 1.29 is 13.9 Å². The minimum atomic E-state index is -0.626. The SMILES string of the molecule is CCCOc1cc(F)ccc1NC(=O)[C@H](C)N.Cl. The summed E-state index contributed by atoms with van der Waals surface area (Å²) in [7, 11) is 0. The lowest BCUT2D eigenvalue weighted by Gasteiger charge is -2.13. The molecule has 0 saturated carbocycles. The van der Waals surface area contributed by atoms with Gasteiger partial charge in [0.1, 0.15) is 11.6 Å². The van der Waals surface area contributed by atoms with Gasteiger partial charge in [0.25, 0.3) is 0 Å². The number of nitrogens with one attached hydrogen (secondary N) is 1. The zero-order chi connectivity index (χ0) is 12.8. The molecule has 0 heterocycles. The van der Waals surface area contributed by atoms with E-state index < -0.39 is 11.9 Å². The maximum Gasteiger partial charge on any atom is 0.241 e. The quantitative estimate of drug-likeness (QED) is 0.867. The van der Waals surface area contributed by atoms with Crippen LogP contribution in [0.1, 0.15) is 20.3 Å². The summed E-state index contributed by atoms with van der Waals surface area (Å²) >= 11 is 0. The van der Waals surface area contributed by atoms with E-state index in [2.05, 4.69) is 5.32 Å². The monoisotopic (exact) mass is 276 g/mol. The zero-order valence-corrected chi connectivity index (χ0v) is 11.2. The van der Waals surface area contributed by atoms with E-state index in [4.69, 9.17) is 10.5 Å². The van der Waals surface area contributed by atoms with Crippen molar-refractivity contribution in [2.75, 3.05) is 11.9 Å². The molecule has 1 amide bonds. The molecule has 4 nitrogen and oxygen atoms in total. The Labute approximate surface area is 112 Å². The predicted molar refractivity (Wildman–Crippen MR) is 71.7 cm³/mol. The Morgan fingerprint density at radius 3 is 2.78 bits per heavy atom. The lowest BCUT2D eigenvalue weighted by atomic mass is 10.2. The van der Waals surface area contributed by atoms with Gasteiger partial charge >= 0.3 is 0 Å². The van der Waals surface area contributed by atoms with E-state index in [0.29, 0.717) is 18.0 Å². The Bertz CT molecular complexity index is 400. The highest BCUT2D eigenvalue weighted by Gasteiger charge is 2.11. The van der Waals surface area contributed by atoms with Crippen LogP contribution in [0.25, 0.3) is 0 Å². The average Bonchev–Trinajstić information content (AvgIpc) is 2.29. The molecule has 0 aliphatic rings. The molecule has 1 aromatic rings. The molecule has 0 bridgehead atoms. The lowest BCUT2D eigenvalue weighted by molar-refractivity contribution is -0.117. The van der Waals surface area contributed by atoms with Crippen LogP contribution in [0, 0.1) is 5.82 Å². The largest absolute Gasteiger partial charge is 0.491 e. The fourth-order valence-electron chi connectivity index (χ4n) is 1.18. The maximum atomic E-state index is 13.1. The van der Waals surface area contributed by atoms with Crippen molar-refractivity contribution in [3.05, 3.63) is 24.0 Å². The third kappa shape index (κ3) is 4.89. The van der Waals surface area contributed by atoms with Gasteiger partial charge in [0.05, 0.1) is 18.3 Å². The van der Waals surface area contributed by atoms with Gasteiger partial charge in [0.15, 0.2) is 0 Å². The minimum absolute atomic E-state index is 0. The Morgan fingerprint density at radius 2 is 2.22 bits per heavy atom. The number of benzene rings is 1. The van der Waals surface area contributed by atoms with Crippen LogP contribution in [-0.4, -0.2) is 18.6 Å². The summed E-state index contributed by atoms with van der Waals surface area (Å²) in [5.74, 6) is -0.422. The Balaban J connectivity index is 0.00000289. The smallest absolute Gasteiger partial charge is 0.241 e. The summed E-state index contributed by atoms with van der Waals surface area (Å²) in [5.41, 5.74) is 5.87. The standard InChI is InChI=1S/C12H17FN2O2.ClH/c1-3-6-17-11-7-9(13)4-5-10(11)15-12(16)8(2)14;/h4-5,7-8H,3,6,14H2,1-2H3,(H,15,16);1H/t8-;/m0./s1. The van der Waals surface area contributed by atoms with Gasteiger partial charge in [-0.1, -0.05) is 6.92 Å². The first-order valence-electron chi connectivity index (χ1n) is 5.53. The molecule has 0 unspecified atom stereocenters. The van der Waals surface area contributed by atoms with Crippen LogP contribution >= 0.6 is 12.4 Å². The number of halogens is 2. The van der Waals surface area contributed by atoms with E-state index in [0.717, 1.165) is 6.42 Å². The maximum absolute atomic E-state index is 13.1. The van der Waals surface area contributed by atoms with Crippen LogP contribution in [-0.2, 0) is 4.79 Å². The second-order valence-electron chi connectivity index (χ2n) is 3.77. The molecule has 1 atom stereocenters. The Hall–Kier alpha value is -1.33. The van der Waals surface area contributed by atoms with Crippen molar-refractivity contribution in [2.45, 2.75) is 26.3 Å². The molecule has 0 radical (unpaired) electrons. The highest BCUT2D eigenvalue weighted by molar-refractivity contribution is 5.95. The van der Waals surface area contributed by atoms with E-state index in [9.17, 15) is 9.18 Å². The van der Waals surface area contributed by atoms with Crippen LogP contribution in [0.5, 0.6) is 5.75 Å². The second kappa shape index (κ2) is 7.89. The number of ether oxygens (including phenoxy) is 1. The predicted octanol–water partition coefficient (Wildman–Crippen LogP) is 2.32. The molecule has 0 spiro atoms. The number of rotatable bonds is 5. The van der Waals surface area contributed by atoms with Crippen LogP contribution in [0.2, 0.25) is 0 Å². The Kier molecular flexibility index (Phi) is 7.31. The molecule has 3 N–H and O–H groups in total. The molecule has 0 saturated heterocycles. The van der Waals surface area contributed by atoms with E-state index in [1.165, 1.54) is 18.2 Å². The summed E-state index contributed by atoms with van der Waals surface area (Å²) in [6.07, 6.45) is 0.803. The van der Waals surface area contributed by atoms with Gasteiger partial charge in [0, 0.05) is 6.07 Å². The van der Waals surface area contributed by atoms with Crippen molar-refractivity contribution in [1.82, 2.24) is 0 Å². The van der Waals surface area contributed by atoms with Crippen molar-refractivity contribution in [2.24, 2.45) is 5.73 Å². The summed E-state index contributed by atoms with van der Waals surface area (Å²) < 4.78 is 18.4. The fraction of sp³-hybridized carbons (Fsp3) is 0.417. The van der Waals surface area contributed by atoms with Gasteiger partial charge in [-0.2, -0.15) is 0 Å². The van der Waals surface area contributed by atoms with Crippen LogP contribution in [0.15, 0.2) is 18.2 Å². The van der Waals surface area contributed by atoms with Gasteiger partial charge in [-0.3, -0.25) is 4.79 Å².